The molecule has 61 valence electrons. The SMILES string of the molecule is O=[C]N1CCN(C(=O)O)CC1. The van der Waals surface area contributed by atoms with Gasteiger partial charge >= 0.3 is 12.5 Å². The van der Waals surface area contributed by atoms with E-state index in [0.29, 0.717) is 26.2 Å². The van der Waals surface area contributed by atoms with Crippen LogP contribution in [0.3, 0.4) is 0 Å². The Morgan fingerprint density at radius 1 is 1.27 bits per heavy atom. The Kier molecular flexibility index (Phi) is 2.30. The molecule has 0 aliphatic carbocycles. The minimum Gasteiger partial charge on any atom is -0.465 e. The molecule has 1 aliphatic heterocycles. The van der Waals surface area contributed by atoms with Crippen molar-refractivity contribution >= 4 is 12.5 Å². The highest BCUT2D eigenvalue weighted by Gasteiger charge is 2.18. The fraction of sp³-hybridized carbons (Fsp3) is 0.667. The zero-order valence-corrected chi connectivity index (χ0v) is 5.99. The van der Waals surface area contributed by atoms with Crippen LogP contribution >= 0.6 is 0 Å². The van der Waals surface area contributed by atoms with E-state index in [9.17, 15) is 9.59 Å². The van der Waals surface area contributed by atoms with Crippen molar-refractivity contribution in [1.29, 1.82) is 0 Å². The van der Waals surface area contributed by atoms with Gasteiger partial charge in [0.25, 0.3) is 0 Å². The number of hydrogen-bond acceptors (Lipinski definition) is 2. The van der Waals surface area contributed by atoms with E-state index in [1.165, 1.54) is 9.80 Å². The van der Waals surface area contributed by atoms with Gasteiger partial charge in [-0.3, -0.25) is 4.79 Å². The number of hydrogen-bond donors (Lipinski definition) is 1. The van der Waals surface area contributed by atoms with Gasteiger partial charge in [0, 0.05) is 26.2 Å². The van der Waals surface area contributed by atoms with E-state index in [1.54, 1.807) is 6.41 Å². The highest BCUT2D eigenvalue weighted by Crippen LogP contribution is 1.98. The van der Waals surface area contributed by atoms with Crippen LogP contribution in [-0.4, -0.2) is 53.6 Å². The van der Waals surface area contributed by atoms with Crippen LogP contribution in [0, 0.1) is 0 Å². The fourth-order valence-electron chi connectivity index (χ4n) is 0.989. The third-order valence-electron chi connectivity index (χ3n) is 1.68. The van der Waals surface area contributed by atoms with Crippen molar-refractivity contribution in [1.82, 2.24) is 9.80 Å². The standard InChI is InChI=1S/C6H9N2O3/c9-5-7-1-3-8(4-2-7)6(10)11/h1-4H2,(H,10,11). The number of carbonyl (C=O) groups is 1. The molecule has 1 rings (SSSR count). The monoisotopic (exact) mass is 157 g/mol. The van der Waals surface area contributed by atoms with Crippen molar-refractivity contribution in [3.63, 3.8) is 0 Å². The minimum atomic E-state index is -0.921. The summed E-state index contributed by atoms with van der Waals surface area (Å²) in [6.45, 7) is 1.70. The van der Waals surface area contributed by atoms with Crippen LogP contribution in [0.1, 0.15) is 0 Å². The lowest BCUT2D eigenvalue weighted by Gasteiger charge is -2.29. The molecule has 1 saturated heterocycles. The molecule has 5 heteroatoms. The van der Waals surface area contributed by atoms with Gasteiger partial charge in [-0.1, -0.05) is 0 Å². The molecule has 0 aromatic rings. The first-order valence-electron chi connectivity index (χ1n) is 3.34. The van der Waals surface area contributed by atoms with Crippen LogP contribution in [0.25, 0.3) is 0 Å². The van der Waals surface area contributed by atoms with Crippen molar-refractivity contribution in [2.24, 2.45) is 0 Å². The second-order valence-corrected chi connectivity index (χ2v) is 2.35. The molecule has 0 saturated carbocycles. The van der Waals surface area contributed by atoms with Gasteiger partial charge in [0.2, 0.25) is 0 Å². The summed E-state index contributed by atoms with van der Waals surface area (Å²) in [5.41, 5.74) is 0. The highest BCUT2D eigenvalue weighted by atomic mass is 16.4. The Labute approximate surface area is 64.2 Å². The summed E-state index contributed by atoms with van der Waals surface area (Å²) in [6, 6.07) is 0. The second kappa shape index (κ2) is 3.23. The lowest BCUT2D eigenvalue weighted by molar-refractivity contribution is 0.123. The topological polar surface area (TPSA) is 60.9 Å². The summed E-state index contributed by atoms with van der Waals surface area (Å²) >= 11 is 0. The maximum absolute atomic E-state index is 10.4. The van der Waals surface area contributed by atoms with Crippen LogP contribution in [-0.2, 0) is 4.79 Å². The van der Waals surface area contributed by atoms with E-state index in [1.807, 2.05) is 0 Å². The predicted octanol–water partition coefficient (Wildman–Crippen LogP) is -0.651. The normalized spacial score (nSPS) is 18.2. The first-order chi connectivity index (χ1) is 5.24. The smallest absolute Gasteiger partial charge is 0.407 e. The molecule has 0 aromatic carbocycles. The Balaban J connectivity index is 2.35. The van der Waals surface area contributed by atoms with Gasteiger partial charge in [-0.25, -0.2) is 4.79 Å². The molecular formula is C6H9N2O3. The first kappa shape index (κ1) is 7.84. The zero-order valence-electron chi connectivity index (χ0n) is 5.99. The van der Waals surface area contributed by atoms with Crippen molar-refractivity contribution in [2.45, 2.75) is 0 Å². The lowest BCUT2D eigenvalue weighted by Crippen LogP contribution is -2.47. The van der Waals surface area contributed by atoms with Gasteiger partial charge in [-0.15, -0.1) is 0 Å². The molecule has 0 bridgehead atoms. The number of carboxylic acid groups (broad SMARTS) is 1. The molecule has 0 aromatic heterocycles. The third kappa shape index (κ3) is 1.83. The van der Waals surface area contributed by atoms with E-state index >= 15 is 0 Å². The average molecular weight is 157 g/mol. The molecule has 1 N–H and O–H groups in total. The van der Waals surface area contributed by atoms with Gasteiger partial charge in [0.15, 0.2) is 0 Å². The largest absolute Gasteiger partial charge is 0.465 e. The van der Waals surface area contributed by atoms with Crippen molar-refractivity contribution in [2.75, 3.05) is 26.2 Å². The molecule has 1 fully saturated rings. The van der Waals surface area contributed by atoms with E-state index in [2.05, 4.69) is 0 Å². The number of carbonyl (C=O) groups excluding carboxylic acids is 1. The highest BCUT2D eigenvalue weighted by molar-refractivity contribution is 5.65. The van der Waals surface area contributed by atoms with Crippen LogP contribution < -0.4 is 0 Å². The van der Waals surface area contributed by atoms with E-state index in [0.717, 1.165) is 0 Å². The minimum absolute atomic E-state index is 0.393. The molecule has 0 atom stereocenters. The van der Waals surface area contributed by atoms with E-state index in [-0.39, 0.29) is 0 Å². The third-order valence-corrected chi connectivity index (χ3v) is 1.68. The van der Waals surface area contributed by atoms with Gasteiger partial charge in [-0.05, 0) is 0 Å². The Morgan fingerprint density at radius 2 is 1.82 bits per heavy atom. The van der Waals surface area contributed by atoms with Gasteiger partial charge in [0.05, 0.1) is 0 Å². The second-order valence-electron chi connectivity index (χ2n) is 2.35. The summed E-state index contributed by atoms with van der Waals surface area (Å²) in [4.78, 5) is 23.2. The molecule has 1 aliphatic rings. The van der Waals surface area contributed by atoms with Crippen LogP contribution in [0.2, 0.25) is 0 Å². The number of piperazine rings is 1. The number of rotatable bonds is 1. The predicted molar refractivity (Wildman–Crippen MR) is 36.9 cm³/mol. The van der Waals surface area contributed by atoms with Crippen LogP contribution in [0.5, 0.6) is 0 Å². The van der Waals surface area contributed by atoms with Gasteiger partial charge in [0.1, 0.15) is 0 Å². The molecule has 1 heterocycles. The van der Waals surface area contributed by atoms with Crippen LogP contribution in [0.4, 0.5) is 4.79 Å². The Morgan fingerprint density at radius 3 is 2.18 bits per heavy atom. The quantitative estimate of drug-likeness (QED) is 0.550. The summed E-state index contributed by atoms with van der Waals surface area (Å²) in [6.07, 6.45) is 0.806. The summed E-state index contributed by atoms with van der Waals surface area (Å²) < 4.78 is 0. The first-order valence-corrected chi connectivity index (χ1v) is 3.34. The molecule has 11 heavy (non-hydrogen) atoms. The summed E-state index contributed by atoms with van der Waals surface area (Å²) in [7, 11) is 0. The summed E-state index contributed by atoms with van der Waals surface area (Å²) in [5.74, 6) is 0. The number of amides is 2. The number of nitrogens with zero attached hydrogens (tertiary/aromatic N) is 2. The molecule has 0 unspecified atom stereocenters. The maximum atomic E-state index is 10.4. The molecule has 2 amide bonds. The molecular weight excluding hydrogens is 148 g/mol. The van der Waals surface area contributed by atoms with Crippen molar-refractivity contribution in [3.05, 3.63) is 0 Å². The zero-order chi connectivity index (χ0) is 8.27. The van der Waals surface area contributed by atoms with Crippen molar-refractivity contribution < 1.29 is 14.7 Å². The summed E-state index contributed by atoms with van der Waals surface area (Å²) in [5, 5.41) is 8.51. The average Bonchev–Trinajstić information content (AvgIpc) is 2.05. The Bertz CT molecular complexity index is 163. The molecule has 1 radical (unpaired) electrons. The van der Waals surface area contributed by atoms with Gasteiger partial charge in [-0.2, -0.15) is 0 Å². The van der Waals surface area contributed by atoms with Crippen molar-refractivity contribution in [3.8, 4) is 0 Å². The fourth-order valence-corrected chi connectivity index (χ4v) is 0.989. The molecule has 5 nitrogen and oxygen atoms in total. The maximum Gasteiger partial charge on any atom is 0.407 e. The lowest BCUT2D eigenvalue weighted by atomic mass is 10.3. The van der Waals surface area contributed by atoms with Crippen LogP contribution in [0.15, 0.2) is 0 Å². The molecule has 0 spiro atoms. The Hall–Kier alpha value is -1.26. The van der Waals surface area contributed by atoms with Gasteiger partial charge < -0.3 is 14.9 Å². The van der Waals surface area contributed by atoms with E-state index in [4.69, 9.17) is 5.11 Å². The van der Waals surface area contributed by atoms with E-state index < -0.39 is 6.09 Å².